The van der Waals surface area contributed by atoms with Gasteiger partial charge in [-0.15, -0.1) is 0 Å². The second-order valence-electron chi connectivity index (χ2n) is 10.00. The van der Waals surface area contributed by atoms with Crippen LogP contribution in [0.5, 0.6) is 0 Å². The highest BCUT2D eigenvalue weighted by Crippen LogP contribution is 2.37. The first-order valence-corrected chi connectivity index (χ1v) is 12.5. The summed E-state index contributed by atoms with van der Waals surface area (Å²) in [5, 5.41) is 9.95. The molecule has 3 heterocycles. The molecule has 1 amide bonds. The number of piperidine rings is 2. The quantitative estimate of drug-likeness (QED) is 0.582. The maximum absolute atomic E-state index is 12.8. The third-order valence-corrected chi connectivity index (χ3v) is 8.08. The molecule has 3 unspecified atom stereocenters. The number of nitrogens with one attached hydrogen (secondary N) is 1. The van der Waals surface area contributed by atoms with Crippen LogP contribution in [0.25, 0.3) is 11.0 Å². The lowest BCUT2D eigenvalue weighted by molar-refractivity contribution is 0.0390. The zero-order valence-corrected chi connectivity index (χ0v) is 19.8. The first-order valence-electron chi connectivity index (χ1n) is 12.5. The molecule has 0 aliphatic carbocycles. The number of rotatable bonds is 5. The molecule has 3 atom stereocenters. The number of nitrogens with zero attached hydrogens (tertiary/aromatic N) is 3. The minimum atomic E-state index is -0.844. The highest BCUT2D eigenvalue weighted by molar-refractivity contribution is 5.75. The maximum atomic E-state index is 12.8. The van der Waals surface area contributed by atoms with Crippen LogP contribution in [0.2, 0.25) is 0 Å². The fourth-order valence-corrected chi connectivity index (χ4v) is 6.18. The monoisotopic (exact) mass is 462 g/mol. The van der Waals surface area contributed by atoms with Gasteiger partial charge in [-0.1, -0.05) is 49.4 Å². The molecule has 2 N–H and O–H groups in total. The van der Waals surface area contributed by atoms with Gasteiger partial charge in [0.2, 0.25) is 0 Å². The van der Waals surface area contributed by atoms with Gasteiger partial charge in [0.25, 0.3) is 0 Å². The number of hydrogen-bond acceptors (Lipinski definition) is 3. The number of imidazole rings is 1. The average Bonchev–Trinajstić information content (AvgIpc) is 3.20. The first kappa shape index (κ1) is 22.7. The number of benzene rings is 2. The molecule has 7 nitrogen and oxygen atoms in total. The molecule has 2 saturated heterocycles. The Balaban J connectivity index is 1.30. The van der Waals surface area contributed by atoms with Gasteiger partial charge in [0.1, 0.15) is 0 Å². The standard InChI is InChI=1S/C27H34N4O3/c1-19(21-11-14-29(15-12-21)18-20-7-3-2-4-8-20)25-17-22(13-16-30(25)27(33)34)31-24-10-6-5-9-23(24)28-26(31)32/h2-10,19,21-22,25H,11-18H2,1H3,(H,28,32)(H,33,34). The number of carboxylic acid groups (broad SMARTS) is 1. The van der Waals surface area contributed by atoms with Crippen LogP contribution < -0.4 is 5.69 Å². The molecule has 0 radical (unpaired) electrons. The van der Waals surface area contributed by atoms with E-state index in [1.54, 1.807) is 4.90 Å². The molecule has 1 aromatic heterocycles. The molecule has 2 aromatic carbocycles. The molecule has 180 valence electrons. The van der Waals surface area contributed by atoms with Gasteiger partial charge < -0.3 is 15.0 Å². The molecule has 3 aromatic rings. The van der Waals surface area contributed by atoms with Gasteiger partial charge in [-0.25, -0.2) is 9.59 Å². The van der Waals surface area contributed by atoms with Crippen LogP contribution in [0.15, 0.2) is 59.4 Å². The van der Waals surface area contributed by atoms with E-state index < -0.39 is 6.09 Å². The molecule has 0 saturated carbocycles. The Morgan fingerprint density at radius 2 is 1.74 bits per heavy atom. The van der Waals surface area contributed by atoms with E-state index >= 15 is 0 Å². The van der Waals surface area contributed by atoms with E-state index in [0.717, 1.165) is 43.5 Å². The van der Waals surface area contributed by atoms with Gasteiger partial charge in [0.15, 0.2) is 0 Å². The highest BCUT2D eigenvalue weighted by atomic mass is 16.4. The van der Waals surface area contributed by atoms with Crippen LogP contribution in [0, 0.1) is 11.8 Å². The second kappa shape index (κ2) is 9.66. The molecular formula is C27H34N4O3. The number of carbonyl (C=O) groups is 1. The average molecular weight is 463 g/mol. The number of fused-ring (bicyclic) bond motifs is 1. The summed E-state index contributed by atoms with van der Waals surface area (Å²) in [5.41, 5.74) is 2.98. The van der Waals surface area contributed by atoms with Crippen molar-refractivity contribution in [3.8, 4) is 0 Å². The second-order valence-corrected chi connectivity index (χ2v) is 10.00. The minimum absolute atomic E-state index is 0.00451. The van der Waals surface area contributed by atoms with Crippen molar-refractivity contribution in [1.29, 1.82) is 0 Å². The fourth-order valence-electron chi connectivity index (χ4n) is 6.18. The van der Waals surface area contributed by atoms with E-state index in [0.29, 0.717) is 25.3 Å². The maximum Gasteiger partial charge on any atom is 0.407 e. The van der Waals surface area contributed by atoms with Gasteiger partial charge in [-0.3, -0.25) is 9.47 Å². The summed E-state index contributed by atoms with van der Waals surface area (Å²) in [7, 11) is 0. The number of amides is 1. The Kier molecular flexibility index (Phi) is 6.46. The Hall–Kier alpha value is -3.06. The molecule has 2 aliphatic rings. The van der Waals surface area contributed by atoms with Crippen LogP contribution in [0.4, 0.5) is 4.79 Å². The summed E-state index contributed by atoms with van der Waals surface area (Å²) in [6, 6.07) is 18.3. The van der Waals surface area contributed by atoms with E-state index in [9.17, 15) is 14.7 Å². The summed E-state index contributed by atoms with van der Waals surface area (Å²) in [6.07, 6.45) is 2.65. The zero-order chi connectivity index (χ0) is 23.7. The number of H-pyrrole nitrogens is 1. The Bertz CT molecular complexity index is 1180. The predicted octanol–water partition coefficient (Wildman–Crippen LogP) is 4.56. The lowest BCUT2D eigenvalue weighted by Crippen LogP contribution is -2.52. The summed E-state index contributed by atoms with van der Waals surface area (Å²) < 4.78 is 1.86. The van der Waals surface area contributed by atoms with Gasteiger partial charge in [0, 0.05) is 25.2 Å². The minimum Gasteiger partial charge on any atom is -0.465 e. The third-order valence-electron chi connectivity index (χ3n) is 8.08. The number of para-hydroxylation sites is 2. The lowest BCUT2D eigenvalue weighted by Gasteiger charge is -2.45. The van der Waals surface area contributed by atoms with E-state index in [1.807, 2.05) is 34.9 Å². The van der Waals surface area contributed by atoms with Crippen molar-refractivity contribution in [3.63, 3.8) is 0 Å². The topological polar surface area (TPSA) is 81.6 Å². The molecule has 2 fully saturated rings. The van der Waals surface area contributed by atoms with Crippen LogP contribution in [0.3, 0.4) is 0 Å². The van der Waals surface area contributed by atoms with Gasteiger partial charge in [-0.2, -0.15) is 0 Å². The lowest BCUT2D eigenvalue weighted by atomic mass is 9.77. The zero-order valence-electron chi connectivity index (χ0n) is 19.8. The summed E-state index contributed by atoms with van der Waals surface area (Å²) >= 11 is 0. The normalized spacial score (nSPS) is 23.3. The van der Waals surface area contributed by atoms with Crippen molar-refractivity contribution in [2.45, 2.75) is 51.2 Å². The largest absolute Gasteiger partial charge is 0.465 e. The summed E-state index contributed by atoms with van der Waals surface area (Å²) in [4.78, 5) is 32.0. The Morgan fingerprint density at radius 3 is 2.47 bits per heavy atom. The van der Waals surface area contributed by atoms with E-state index in [-0.39, 0.29) is 23.7 Å². The van der Waals surface area contributed by atoms with Crippen molar-refractivity contribution < 1.29 is 9.90 Å². The molecule has 2 aliphatic heterocycles. The first-order chi connectivity index (χ1) is 16.5. The van der Waals surface area contributed by atoms with E-state index in [2.05, 4.69) is 41.1 Å². The SMILES string of the molecule is CC(C1CCN(Cc2ccccc2)CC1)C1CC(n2c(=O)[nH]c3ccccc32)CCN1C(=O)O. The number of aromatic amines is 1. The number of aromatic nitrogens is 2. The Morgan fingerprint density at radius 1 is 1.03 bits per heavy atom. The fraction of sp³-hybridized carbons (Fsp3) is 0.481. The van der Waals surface area contributed by atoms with Crippen LogP contribution in [0.1, 0.15) is 44.2 Å². The summed E-state index contributed by atoms with van der Waals surface area (Å²) in [6.45, 7) is 5.73. The van der Waals surface area contributed by atoms with Crippen molar-refractivity contribution in [2.75, 3.05) is 19.6 Å². The molecule has 34 heavy (non-hydrogen) atoms. The highest BCUT2D eigenvalue weighted by Gasteiger charge is 2.39. The van der Waals surface area contributed by atoms with Gasteiger partial charge in [0.05, 0.1) is 11.0 Å². The van der Waals surface area contributed by atoms with Crippen molar-refractivity contribution in [3.05, 3.63) is 70.6 Å². The van der Waals surface area contributed by atoms with E-state index in [1.165, 1.54) is 5.56 Å². The predicted molar refractivity (Wildman–Crippen MR) is 133 cm³/mol. The molecule has 5 rings (SSSR count). The molecule has 0 bridgehead atoms. The van der Waals surface area contributed by atoms with Gasteiger partial charge >= 0.3 is 11.8 Å². The molecule has 0 spiro atoms. The molecular weight excluding hydrogens is 428 g/mol. The van der Waals surface area contributed by atoms with Crippen molar-refractivity contribution in [1.82, 2.24) is 19.4 Å². The number of hydrogen-bond donors (Lipinski definition) is 2. The Labute approximate surface area is 200 Å². The smallest absolute Gasteiger partial charge is 0.407 e. The van der Waals surface area contributed by atoms with Crippen LogP contribution >= 0.6 is 0 Å². The van der Waals surface area contributed by atoms with Crippen molar-refractivity contribution >= 4 is 17.1 Å². The molecule has 7 heteroatoms. The summed E-state index contributed by atoms with van der Waals surface area (Å²) in [5.74, 6) is 0.732. The number of likely N-dealkylation sites (tertiary alicyclic amines) is 2. The van der Waals surface area contributed by atoms with Gasteiger partial charge in [-0.05, 0) is 68.3 Å². The van der Waals surface area contributed by atoms with E-state index in [4.69, 9.17) is 0 Å². The van der Waals surface area contributed by atoms with Crippen LogP contribution in [-0.4, -0.2) is 56.2 Å². The van der Waals surface area contributed by atoms with Crippen LogP contribution in [-0.2, 0) is 6.54 Å². The van der Waals surface area contributed by atoms with Crippen molar-refractivity contribution in [2.24, 2.45) is 11.8 Å². The third kappa shape index (κ3) is 4.49.